The van der Waals surface area contributed by atoms with Crippen LogP contribution in [0.5, 0.6) is 0 Å². The van der Waals surface area contributed by atoms with Crippen molar-refractivity contribution in [2.75, 3.05) is 0 Å². The molecule has 1 aliphatic rings. The molecule has 0 N–H and O–H groups in total. The summed E-state index contributed by atoms with van der Waals surface area (Å²) in [6.45, 7) is 5.16. The minimum atomic E-state index is 0.356. The molecule has 14 heavy (non-hydrogen) atoms. The van der Waals surface area contributed by atoms with Crippen molar-refractivity contribution in [1.29, 1.82) is 0 Å². The Balaban J connectivity index is 2.39. The van der Waals surface area contributed by atoms with Gasteiger partial charge in [-0.15, -0.1) is 0 Å². The van der Waals surface area contributed by atoms with Gasteiger partial charge in [0, 0.05) is 25.1 Å². The number of Topliss-reactive ketones (excluding diaryl/α,β-unsaturated/α-hetero) is 1. The van der Waals surface area contributed by atoms with Crippen LogP contribution in [0, 0.1) is 6.92 Å². The Morgan fingerprint density at radius 3 is 2.93 bits per heavy atom. The van der Waals surface area contributed by atoms with Crippen molar-refractivity contribution in [2.45, 2.75) is 46.1 Å². The van der Waals surface area contributed by atoms with Crippen LogP contribution in [0.25, 0.3) is 0 Å². The lowest BCUT2D eigenvalue weighted by molar-refractivity contribution is -0.118. The van der Waals surface area contributed by atoms with Crippen LogP contribution in [0.3, 0.4) is 0 Å². The van der Waals surface area contributed by atoms with Gasteiger partial charge in [0.2, 0.25) is 0 Å². The number of hydrogen-bond acceptors (Lipinski definition) is 2. The number of imidazole rings is 1. The van der Waals surface area contributed by atoms with E-state index in [0.717, 1.165) is 30.9 Å². The lowest BCUT2D eigenvalue weighted by Crippen LogP contribution is -2.16. The monoisotopic (exact) mass is 192 g/mol. The first-order valence-electron chi connectivity index (χ1n) is 5.29. The molecule has 2 rings (SSSR count). The van der Waals surface area contributed by atoms with E-state index in [4.69, 9.17) is 0 Å². The maximum absolute atomic E-state index is 11.4. The van der Waals surface area contributed by atoms with Gasteiger partial charge in [-0.05, 0) is 19.8 Å². The molecule has 0 amide bonds. The molecule has 0 bridgehead atoms. The topological polar surface area (TPSA) is 34.9 Å². The van der Waals surface area contributed by atoms with Gasteiger partial charge in [-0.2, -0.15) is 0 Å². The molecule has 0 aromatic carbocycles. The second-order valence-electron chi connectivity index (χ2n) is 3.92. The van der Waals surface area contributed by atoms with Gasteiger partial charge in [0.15, 0.2) is 0 Å². The van der Waals surface area contributed by atoms with Crippen molar-refractivity contribution < 1.29 is 4.79 Å². The van der Waals surface area contributed by atoms with Crippen LogP contribution in [-0.2, 0) is 24.2 Å². The van der Waals surface area contributed by atoms with Gasteiger partial charge >= 0.3 is 0 Å². The molecule has 0 saturated heterocycles. The molecular weight excluding hydrogens is 176 g/mol. The predicted octanol–water partition coefficient (Wildman–Crippen LogP) is 1.66. The Bertz CT molecular complexity index is 366. The number of aryl methyl sites for hydroxylation is 2. The number of fused-ring (bicyclic) bond motifs is 1. The first kappa shape index (κ1) is 9.44. The molecule has 0 saturated carbocycles. The molecule has 3 heteroatoms. The van der Waals surface area contributed by atoms with Crippen molar-refractivity contribution in [2.24, 2.45) is 0 Å². The van der Waals surface area contributed by atoms with Gasteiger partial charge < -0.3 is 4.57 Å². The van der Waals surface area contributed by atoms with Gasteiger partial charge in [-0.3, -0.25) is 4.79 Å². The molecule has 0 fully saturated rings. The van der Waals surface area contributed by atoms with Crippen LogP contribution in [0.4, 0.5) is 0 Å². The molecule has 1 heterocycles. The first-order valence-corrected chi connectivity index (χ1v) is 5.29. The van der Waals surface area contributed by atoms with Crippen molar-refractivity contribution in [3.63, 3.8) is 0 Å². The van der Waals surface area contributed by atoms with E-state index < -0.39 is 0 Å². The first-order chi connectivity index (χ1) is 6.72. The van der Waals surface area contributed by atoms with E-state index in [2.05, 4.69) is 16.5 Å². The summed E-state index contributed by atoms with van der Waals surface area (Å²) in [6.07, 6.45) is 3.20. The Labute approximate surface area is 84.1 Å². The smallest absolute Gasteiger partial charge is 0.139 e. The standard InChI is InChI=1S/C11H16N2O/c1-3-6-13-8(2)12-10-5-4-9(14)7-11(10)13/h3-7H2,1-2H3. The van der Waals surface area contributed by atoms with E-state index in [1.807, 2.05) is 6.92 Å². The Kier molecular flexibility index (Phi) is 2.40. The Morgan fingerprint density at radius 1 is 1.43 bits per heavy atom. The normalized spacial score (nSPS) is 15.7. The molecule has 1 aliphatic carbocycles. The quantitative estimate of drug-likeness (QED) is 0.714. The van der Waals surface area contributed by atoms with Crippen LogP contribution in [0.1, 0.15) is 37.0 Å². The van der Waals surface area contributed by atoms with Gasteiger partial charge in [0.1, 0.15) is 11.6 Å². The maximum Gasteiger partial charge on any atom is 0.139 e. The van der Waals surface area contributed by atoms with E-state index in [0.29, 0.717) is 18.6 Å². The second-order valence-corrected chi connectivity index (χ2v) is 3.92. The van der Waals surface area contributed by atoms with Gasteiger partial charge in [0.05, 0.1) is 5.69 Å². The van der Waals surface area contributed by atoms with Crippen LogP contribution in [0.15, 0.2) is 0 Å². The molecule has 0 spiro atoms. The van der Waals surface area contributed by atoms with Crippen molar-refractivity contribution >= 4 is 5.78 Å². The molecule has 0 unspecified atom stereocenters. The molecular formula is C11H16N2O. The fourth-order valence-corrected chi connectivity index (χ4v) is 2.12. The highest BCUT2D eigenvalue weighted by molar-refractivity contribution is 5.82. The molecule has 76 valence electrons. The van der Waals surface area contributed by atoms with Crippen LogP contribution < -0.4 is 0 Å². The molecule has 1 aromatic heterocycles. The number of hydrogen-bond donors (Lipinski definition) is 0. The van der Waals surface area contributed by atoms with Crippen molar-refractivity contribution in [1.82, 2.24) is 9.55 Å². The maximum atomic E-state index is 11.4. The number of nitrogens with zero attached hydrogens (tertiary/aromatic N) is 2. The SMILES string of the molecule is CCCn1c(C)nc2c1CC(=O)CC2. The summed E-state index contributed by atoms with van der Waals surface area (Å²) in [5.74, 6) is 1.42. The highest BCUT2D eigenvalue weighted by Gasteiger charge is 2.21. The van der Waals surface area contributed by atoms with Gasteiger partial charge in [-0.1, -0.05) is 6.92 Å². The molecule has 0 radical (unpaired) electrons. The molecule has 1 aromatic rings. The number of ketones is 1. The molecule has 0 aliphatic heterocycles. The Hall–Kier alpha value is -1.12. The zero-order valence-electron chi connectivity index (χ0n) is 8.84. The second kappa shape index (κ2) is 3.56. The predicted molar refractivity (Wildman–Crippen MR) is 54.3 cm³/mol. The summed E-state index contributed by atoms with van der Waals surface area (Å²) in [5, 5.41) is 0. The van der Waals surface area contributed by atoms with Crippen LogP contribution in [0.2, 0.25) is 0 Å². The summed E-state index contributed by atoms with van der Waals surface area (Å²) in [7, 11) is 0. The number of carbonyl (C=O) groups excluding carboxylic acids is 1. The lowest BCUT2D eigenvalue weighted by atomic mass is 10.00. The zero-order valence-corrected chi connectivity index (χ0v) is 8.84. The average molecular weight is 192 g/mol. The summed E-state index contributed by atoms with van der Waals surface area (Å²) in [6, 6.07) is 0. The summed E-state index contributed by atoms with van der Waals surface area (Å²) in [4.78, 5) is 15.9. The minimum absolute atomic E-state index is 0.356. The van der Waals surface area contributed by atoms with E-state index in [-0.39, 0.29) is 0 Å². The average Bonchev–Trinajstić information content (AvgIpc) is 2.45. The fraction of sp³-hybridized carbons (Fsp3) is 0.636. The summed E-state index contributed by atoms with van der Waals surface area (Å²) >= 11 is 0. The highest BCUT2D eigenvalue weighted by atomic mass is 16.1. The van der Waals surface area contributed by atoms with E-state index in [9.17, 15) is 4.79 Å². The third kappa shape index (κ3) is 1.47. The number of rotatable bonds is 2. The van der Waals surface area contributed by atoms with Crippen LogP contribution in [-0.4, -0.2) is 15.3 Å². The van der Waals surface area contributed by atoms with Gasteiger partial charge in [-0.25, -0.2) is 4.98 Å². The fourth-order valence-electron chi connectivity index (χ4n) is 2.12. The van der Waals surface area contributed by atoms with Crippen molar-refractivity contribution in [3.8, 4) is 0 Å². The third-order valence-corrected chi connectivity index (χ3v) is 2.80. The minimum Gasteiger partial charge on any atom is -0.332 e. The number of carbonyl (C=O) groups is 1. The largest absolute Gasteiger partial charge is 0.332 e. The van der Waals surface area contributed by atoms with Crippen molar-refractivity contribution in [3.05, 3.63) is 17.2 Å². The van der Waals surface area contributed by atoms with Crippen LogP contribution >= 0.6 is 0 Å². The summed E-state index contributed by atoms with van der Waals surface area (Å²) < 4.78 is 2.20. The number of aromatic nitrogens is 2. The van der Waals surface area contributed by atoms with E-state index >= 15 is 0 Å². The summed E-state index contributed by atoms with van der Waals surface area (Å²) in [5.41, 5.74) is 2.32. The highest BCUT2D eigenvalue weighted by Crippen LogP contribution is 2.20. The van der Waals surface area contributed by atoms with Gasteiger partial charge in [0.25, 0.3) is 0 Å². The van der Waals surface area contributed by atoms with E-state index in [1.54, 1.807) is 0 Å². The zero-order chi connectivity index (χ0) is 10.1. The lowest BCUT2D eigenvalue weighted by Gasteiger charge is -2.13. The molecule has 3 nitrogen and oxygen atoms in total. The molecule has 0 atom stereocenters. The Morgan fingerprint density at radius 2 is 2.21 bits per heavy atom. The third-order valence-electron chi connectivity index (χ3n) is 2.80. The van der Waals surface area contributed by atoms with E-state index in [1.165, 1.54) is 5.69 Å².